The van der Waals surface area contributed by atoms with Crippen molar-refractivity contribution in [3.05, 3.63) is 50.7 Å². The number of urea groups is 1. The Hall–Kier alpha value is -2.25. The van der Waals surface area contributed by atoms with Crippen molar-refractivity contribution in [3.63, 3.8) is 0 Å². The first-order valence-electron chi connectivity index (χ1n) is 11.1. The summed E-state index contributed by atoms with van der Waals surface area (Å²) in [6.07, 6.45) is 2.74. The molecule has 0 unspecified atom stereocenters. The maximum absolute atomic E-state index is 13.4. The van der Waals surface area contributed by atoms with Gasteiger partial charge in [0.2, 0.25) is 5.91 Å². The maximum Gasteiger partial charge on any atom is 0.318 e. The van der Waals surface area contributed by atoms with E-state index in [0.29, 0.717) is 18.2 Å². The van der Waals surface area contributed by atoms with Crippen LogP contribution < -0.4 is 10.1 Å². The van der Waals surface area contributed by atoms with Gasteiger partial charge in [0.05, 0.1) is 6.04 Å². The van der Waals surface area contributed by atoms with Crippen molar-refractivity contribution < 1.29 is 14.3 Å². The summed E-state index contributed by atoms with van der Waals surface area (Å²) in [5.41, 5.74) is 2.10. The summed E-state index contributed by atoms with van der Waals surface area (Å²) in [6.45, 7) is 6.89. The van der Waals surface area contributed by atoms with E-state index >= 15 is 0 Å². The Bertz CT molecular complexity index is 989. The number of nitrogens with zero attached hydrogens (tertiary/aromatic N) is 2. The Kier molecular flexibility index (Phi) is 6.96. The molecule has 32 heavy (non-hydrogen) atoms. The van der Waals surface area contributed by atoms with Gasteiger partial charge in [0, 0.05) is 28.5 Å². The van der Waals surface area contributed by atoms with Crippen LogP contribution in [0, 0.1) is 6.92 Å². The van der Waals surface area contributed by atoms with Gasteiger partial charge in [-0.3, -0.25) is 4.79 Å². The first-order valence-corrected chi connectivity index (χ1v) is 12.4. The number of halogens is 1. The second-order valence-electron chi connectivity index (χ2n) is 8.84. The summed E-state index contributed by atoms with van der Waals surface area (Å²) in [5, 5.41) is 5.71. The lowest BCUT2D eigenvalue weighted by atomic mass is 10.0. The smallest absolute Gasteiger partial charge is 0.318 e. The molecule has 2 aliphatic rings. The van der Waals surface area contributed by atoms with E-state index in [1.165, 1.54) is 4.88 Å². The number of nitrogens with one attached hydrogen (secondary N) is 1. The average Bonchev–Trinajstić information content (AvgIpc) is 3.47. The van der Waals surface area contributed by atoms with E-state index in [9.17, 15) is 9.59 Å². The number of rotatable bonds is 7. The lowest BCUT2D eigenvalue weighted by Crippen LogP contribution is -2.51. The first kappa shape index (κ1) is 22.9. The van der Waals surface area contributed by atoms with E-state index in [1.54, 1.807) is 16.2 Å². The number of carbonyl (C=O) groups is 2. The maximum atomic E-state index is 13.4. The third-order valence-electron chi connectivity index (χ3n) is 5.92. The van der Waals surface area contributed by atoms with Crippen molar-refractivity contribution in [2.24, 2.45) is 0 Å². The van der Waals surface area contributed by atoms with Crippen molar-refractivity contribution >= 4 is 34.9 Å². The van der Waals surface area contributed by atoms with Crippen molar-refractivity contribution in [2.75, 3.05) is 19.7 Å². The van der Waals surface area contributed by atoms with Gasteiger partial charge in [0.15, 0.2) is 0 Å². The molecule has 0 spiro atoms. The molecule has 1 aliphatic heterocycles. The molecule has 0 saturated heterocycles. The molecule has 1 N–H and O–H groups in total. The lowest BCUT2D eigenvalue weighted by molar-refractivity contribution is -0.135. The molecule has 0 radical (unpaired) electrons. The average molecular weight is 476 g/mol. The fourth-order valence-corrected chi connectivity index (χ4v) is 5.12. The minimum atomic E-state index is -0.178. The Labute approximate surface area is 198 Å². The number of fused-ring (bicyclic) bond motifs is 1. The third-order valence-corrected chi connectivity index (χ3v) is 7.34. The van der Waals surface area contributed by atoms with E-state index in [4.69, 9.17) is 16.3 Å². The van der Waals surface area contributed by atoms with E-state index in [1.807, 2.05) is 43.9 Å². The van der Waals surface area contributed by atoms with Crippen LogP contribution in [-0.2, 0) is 11.2 Å². The summed E-state index contributed by atoms with van der Waals surface area (Å²) in [5.74, 6) is 0.700. The van der Waals surface area contributed by atoms with E-state index in [0.717, 1.165) is 36.1 Å². The van der Waals surface area contributed by atoms with Gasteiger partial charge in [0.1, 0.15) is 18.9 Å². The van der Waals surface area contributed by atoms with Crippen molar-refractivity contribution in [3.8, 4) is 5.75 Å². The van der Waals surface area contributed by atoms with Gasteiger partial charge < -0.3 is 19.9 Å². The Morgan fingerprint density at radius 1 is 1.31 bits per heavy atom. The summed E-state index contributed by atoms with van der Waals surface area (Å²) in [4.78, 5) is 31.0. The SMILES string of the molecule is Cc1cc(OC[C@H]2c3ccsc3CCN2C(=O)CN(C(=O)NC(C)C)C2CC2)ccc1Cl. The highest BCUT2D eigenvalue weighted by atomic mass is 35.5. The Morgan fingerprint density at radius 2 is 2.09 bits per heavy atom. The molecule has 4 rings (SSSR count). The number of aryl methyl sites for hydroxylation is 1. The molecule has 1 atom stereocenters. The molecule has 1 aliphatic carbocycles. The van der Waals surface area contributed by atoms with E-state index < -0.39 is 0 Å². The van der Waals surface area contributed by atoms with Crippen molar-refractivity contribution in [1.82, 2.24) is 15.1 Å². The minimum absolute atomic E-state index is 0.0335. The molecule has 3 amide bonds. The first-order chi connectivity index (χ1) is 15.3. The fourth-order valence-electron chi connectivity index (χ4n) is 4.08. The van der Waals surface area contributed by atoms with E-state index in [-0.39, 0.29) is 36.6 Å². The molecular formula is C24H30ClN3O3S. The van der Waals surface area contributed by atoms with Crippen LogP contribution >= 0.6 is 22.9 Å². The van der Waals surface area contributed by atoms with Crippen LogP contribution in [0.2, 0.25) is 5.02 Å². The van der Waals surface area contributed by atoms with Crippen LogP contribution in [-0.4, -0.2) is 53.5 Å². The zero-order valence-corrected chi connectivity index (χ0v) is 20.3. The van der Waals surface area contributed by atoms with Crippen LogP contribution in [0.1, 0.15) is 48.7 Å². The largest absolute Gasteiger partial charge is 0.491 e. The molecule has 1 aromatic carbocycles. The van der Waals surface area contributed by atoms with Gasteiger partial charge >= 0.3 is 6.03 Å². The molecule has 2 aromatic rings. The molecule has 1 aromatic heterocycles. The summed E-state index contributed by atoms with van der Waals surface area (Å²) >= 11 is 7.86. The number of benzene rings is 1. The molecule has 8 heteroatoms. The molecule has 1 saturated carbocycles. The Balaban J connectivity index is 1.49. The molecule has 6 nitrogen and oxygen atoms in total. The second kappa shape index (κ2) is 9.71. The second-order valence-corrected chi connectivity index (χ2v) is 10.2. The highest BCUT2D eigenvalue weighted by molar-refractivity contribution is 7.10. The molecule has 2 heterocycles. The predicted molar refractivity (Wildman–Crippen MR) is 128 cm³/mol. The lowest BCUT2D eigenvalue weighted by Gasteiger charge is -2.37. The third kappa shape index (κ3) is 5.21. The Morgan fingerprint density at radius 3 is 2.78 bits per heavy atom. The monoisotopic (exact) mass is 475 g/mol. The molecular weight excluding hydrogens is 446 g/mol. The standard InChI is InChI=1S/C24H30ClN3O3S/c1-15(2)26-24(30)28(17-4-5-17)13-23(29)27-10-8-22-19(9-11-32-22)21(27)14-31-18-6-7-20(25)16(3)12-18/h6-7,9,11-12,15,17,21H,4-5,8,10,13-14H2,1-3H3,(H,26,30)/t21-/m0/s1. The quantitative estimate of drug-likeness (QED) is 0.625. The number of amides is 3. The molecule has 0 bridgehead atoms. The summed E-state index contributed by atoms with van der Waals surface area (Å²) < 4.78 is 6.11. The van der Waals surface area contributed by atoms with Crippen LogP contribution in [0.5, 0.6) is 5.75 Å². The minimum Gasteiger partial charge on any atom is -0.491 e. The van der Waals surface area contributed by atoms with Gasteiger partial charge in [-0.05, 0) is 80.8 Å². The van der Waals surface area contributed by atoms with Crippen molar-refractivity contribution in [1.29, 1.82) is 0 Å². The molecule has 172 valence electrons. The number of hydrogen-bond acceptors (Lipinski definition) is 4. The van der Waals surface area contributed by atoms with Gasteiger partial charge in [-0.1, -0.05) is 11.6 Å². The fraction of sp³-hybridized carbons (Fsp3) is 0.500. The van der Waals surface area contributed by atoms with Crippen LogP contribution in [0.3, 0.4) is 0 Å². The normalized spacial score (nSPS) is 17.8. The highest BCUT2D eigenvalue weighted by Crippen LogP contribution is 2.35. The van der Waals surface area contributed by atoms with Crippen molar-refractivity contribution in [2.45, 2.75) is 58.2 Å². The van der Waals surface area contributed by atoms with Crippen LogP contribution in [0.25, 0.3) is 0 Å². The highest BCUT2D eigenvalue weighted by Gasteiger charge is 2.38. The van der Waals surface area contributed by atoms with Gasteiger partial charge in [-0.15, -0.1) is 11.3 Å². The number of ether oxygens (including phenoxy) is 1. The van der Waals surface area contributed by atoms with Crippen LogP contribution in [0.15, 0.2) is 29.6 Å². The number of carbonyl (C=O) groups excluding carboxylic acids is 2. The van der Waals surface area contributed by atoms with Crippen LogP contribution in [0.4, 0.5) is 4.79 Å². The predicted octanol–water partition coefficient (Wildman–Crippen LogP) is 4.80. The topological polar surface area (TPSA) is 61.9 Å². The zero-order chi connectivity index (χ0) is 22.8. The van der Waals surface area contributed by atoms with Gasteiger partial charge in [-0.2, -0.15) is 0 Å². The zero-order valence-electron chi connectivity index (χ0n) is 18.8. The molecule has 1 fully saturated rings. The van der Waals surface area contributed by atoms with Gasteiger partial charge in [-0.25, -0.2) is 4.79 Å². The summed E-state index contributed by atoms with van der Waals surface area (Å²) in [6, 6.07) is 7.53. The summed E-state index contributed by atoms with van der Waals surface area (Å²) in [7, 11) is 0. The number of thiophene rings is 1. The number of hydrogen-bond donors (Lipinski definition) is 1. The van der Waals surface area contributed by atoms with Gasteiger partial charge in [0.25, 0.3) is 0 Å². The van der Waals surface area contributed by atoms with E-state index in [2.05, 4.69) is 16.8 Å².